The molecule has 0 radical (unpaired) electrons. The zero-order valence-electron chi connectivity index (χ0n) is 61.3. The molecule has 0 aromatic heterocycles. The van der Waals surface area contributed by atoms with Gasteiger partial charge in [-0.1, -0.05) is 141 Å². The van der Waals surface area contributed by atoms with E-state index < -0.39 is 195 Å². The summed E-state index contributed by atoms with van der Waals surface area (Å²) in [6, 6.07) is -2.22. The zero-order chi connectivity index (χ0) is 73.8. The number of Topliss-reactive ketones (excluding diaryl/α,β-unsaturated/α-hetero) is 4. The van der Waals surface area contributed by atoms with E-state index in [0.29, 0.717) is 0 Å². The van der Waals surface area contributed by atoms with Gasteiger partial charge in [0.05, 0.1) is 35.2 Å². The van der Waals surface area contributed by atoms with E-state index in [1.165, 1.54) is 102 Å². The van der Waals surface area contributed by atoms with Gasteiger partial charge in [0.1, 0.15) is 24.7 Å². The zero-order valence-corrected chi connectivity index (χ0v) is 62.1. The second-order valence-corrected chi connectivity index (χ2v) is 31.0. The second kappa shape index (κ2) is 38.3. The normalized spacial score (nSPS) is 26.1. The molecule has 542 valence electrons. The van der Waals surface area contributed by atoms with E-state index in [1.54, 1.807) is 66.7 Å². The molecule has 24 nitrogen and oxygen atoms in total. The van der Waals surface area contributed by atoms with Gasteiger partial charge in [-0.2, -0.15) is 0 Å². The summed E-state index contributed by atoms with van der Waals surface area (Å²) >= 11 is 0. The molecule has 1 aromatic rings. The molecule has 5 N–H and O–H groups in total. The third kappa shape index (κ3) is 24.6. The lowest BCUT2D eigenvalue weighted by Crippen LogP contribution is -2.61. The summed E-state index contributed by atoms with van der Waals surface area (Å²) in [7, 11) is 1.16. The van der Waals surface area contributed by atoms with Gasteiger partial charge in [0.25, 0.3) is 10.0 Å². The van der Waals surface area contributed by atoms with Crippen molar-refractivity contribution >= 4 is 80.6 Å². The van der Waals surface area contributed by atoms with Gasteiger partial charge in [0, 0.05) is 83.0 Å². The Morgan fingerprint density at radius 3 is 1.65 bits per heavy atom. The number of nitrogens with one attached hydrogen (secondary N) is 4. The highest BCUT2D eigenvalue weighted by Crippen LogP contribution is 2.33. The minimum Gasteiger partial charge on any atom is -0.448 e. The van der Waals surface area contributed by atoms with Crippen LogP contribution in [0.3, 0.4) is 0 Å². The maximum absolute atomic E-state index is 15.3. The summed E-state index contributed by atoms with van der Waals surface area (Å²) in [5, 5.41) is 20.1. The van der Waals surface area contributed by atoms with Crippen LogP contribution in [-0.2, 0) is 67.5 Å². The number of allylic oxidation sites excluding steroid dienone is 2. The number of amides is 8. The molecule has 0 saturated carbocycles. The van der Waals surface area contributed by atoms with E-state index in [2.05, 4.69) is 16.0 Å². The van der Waals surface area contributed by atoms with Gasteiger partial charge in [-0.3, -0.25) is 52.7 Å². The van der Waals surface area contributed by atoms with E-state index >= 15 is 9.59 Å². The Labute approximate surface area is 571 Å². The first-order chi connectivity index (χ1) is 44.4. The molecule has 0 bridgehead atoms. The van der Waals surface area contributed by atoms with Crippen molar-refractivity contribution in [2.24, 2.45) is 64.6 Å². The fraction of sp³-hybridized carbons (Fsp3) is 0.718. The molecule has 0 unspecified atom stereocenters. The summed E-state index contributed by atoms with van der Waals surface area (Å²) in [5.41, 5.74) is -1.57. The van der Waals surface area contributed by atoms with Crippen LogP contribution in [0.25, 0.3) is 0 Å². The summed E-state index contributed by atoms with van der Waals surface area (Å²) in [6.07, 6.45) is -0.420. The average Bonchev–Trinajstić information content (AvgIpc) is 0.811. The van der Waals surface area contributed by atoms with Gasteiger partial charge >= 0.3 is 6.09 Å². The molecule has 0 spiro atoms. The van der Waals surface area contributed by atoms with Crippen molar-refractivity contribution in [3.8, 4) is 0 Å². The molecular weight excluding hydrogens is 1250 g/mol. The Hall–Kier alpha value is -6.89. The van der Waals surface area contributed by atoms with Crippen molar-refractivity contribution in [1.29, 1.82) is 0 Å². The first-order valence-electron chi connectivity index (χ1n) is 34.0. The van der Waals surface area contributed by atoms with Crippen molar-refractivity contribution in [1.82, 2.24) is 40.3 Å². The van der Waals surface area contributed by atoms with Gasteiger partial charge in [-0.25, -0.2) is 17.9 Å². The second-order valence-electron chi connectivity index (χ2n) is 29.3. The number of hydrogen-bond donors (Lipinski definition) is 5. The van der Waals surface area contributed by atoms with Crippen LogP contribution < -0.4 is 20.7 Å². The van der Waals surface area contributed by atoms with Crippen LogP contribution in [-0.4, -0.2) is 187 Å². The predicted octanol–water partition coefficient (Wildman–Crippen LogP) is 7.09. The van der Waals surface area contributed by atoms with Gasteiger partial charge in [-0.05, 0) is 93.6 Å². The molecule has 0 aliphatic carbocycles. The van der Waals surface area contributed by atoms with Gasteiger partial charge < -0.3 is 45.4 Å². The molecular formula is C71H116N8O16S. The maximum Gasteiger partial charge on any atom is 0.421 e. The number of carbonyl (C=O) groups is 12. The van der Waals surface area contributed by atoms with Crippen LogP contribution in [0.5, 0.6) is 0 Å². The summed E-state index contributed by atoms with van der Waals surface area (Å²) in [4.78, 5) is 180. The minimum atomic E-state index is -4.44. The molecule has 1 heterocycles. The third-order valence-corrected chi connectivity index (χ3v) is 19.5. The summed E-state index contributed by atoms with van der Waals surface area (Å²) in [6.45, 7) is 29.7. The molecule has 1 saturated heterocycles. The van der Waals surface area contributed by atoms with Crippen molar-refractivity contribution in [2.75, 3.05) is 34.8 Å². The Kier molecular flexibility index (Phi) is 34.0. The van der Waals surface area contributed by atoms with Gasteiger partial charge in [0.15, 0.2) is 23.1 Å². The highest BCUT2D eigenvalue weighted by atomic mass is 32.2. The van der Waals surface area contributed by atoms with Crippen LogP contribution in [0.4, 0.5) is 4.79 Å². The van der Waals surface area contributed by atoms with Crippen molar-refractivity contribution < 1.29 is 75.8 Å². The van der Waals surface area contributed by atoms with E-state index in [4.69, 9.17) is 4.74 Å². The largest absolute Gasteiger partial charge is 0.448 e. The smallest absolute Gasteiger partial charge is 0.421 e. The fourth-order valence-electron chi connectivity index (χ4n) is 12.6. The molecule has 1 aromatic carbocycles. The topological polar surface area (TPSA) is 330 Å². The van der Waals surface area contributed by atoms with Crippen LogP contribution >= 0.6 is 0 Å². The highest BCUT2D eigenvalue weighted by molar-refractivity contribution is 7.90. The van der Waals surface area contributed by atoms with E-state index in [0.717, 1.165) is 4.90 Å². The average molecular weight is 1370 g/mol. The standard InChI is InChI=1S/C71H116N8O16S/c1-23-25-29-45(13)61(84)59-64(86)73-52(24-2)55(80)36-47(15)66(88)79(22)62(71(17,18)39-95-70(92)75-96(93,94)50-30-27-26-28-31-50)58(83)38-51(43(9)10)69(91)77(20)53(33-41(5)6)56(81)35-46(14)63(85)72-48(16)67(89)76(19)54(34-42(7)8)57(82)37-49(32-40(3)4)68(90)78(21)60(44(11)12)65(87)74-59/h23,25-28,30-31,40-49,51-54,59-62,84H,24,29,32-39H2,1-22H3,(H,72,85)(H,73,86)(H,74,87)(H,75,92)/b25-23+/t45-,46-,47+,48-,49-,51+,52+,53+,54+,59+,60+,61-,62-/m1/s1. The Balaban J connectivity index is 3.00. The number of ketones is 4. The molecule has 13 atom stereocenters. The summed E-state index contributed by atoms with van der Waals surface area (Å²) < 4.78 is 33.7. The SMILES string of the molecule is C/C=C/C[C@@H](C)[C@@H](O)[C@@H]1NC(=O)[C@H](C(C)C)N(C)C(=O)[C@H](CC(C)C)CC(=O)[C@H](CC(C)C)N(C)C(=O)[C@@H](C)NC(=O)[C@H](C)CC(=O)[C@H](CC(C)C)N(C)C(=O)[C@H](C(C)C)CC(=O)[C@H](C(C)(C)COC(=O)NS(=O)(=O)c2ccccc2)N(C)C(=O)[C@@H](C)CC(=O)[C@H](CC)NC1=O. The Morgan fingerprint density at radius 1 is 0.625 bits per heavy atom. The van der Waals surface area contributed by atoms with E-state index in [1.807, 2.05) is 46.3 Å². The van der Waals surface area contributed by atoms with Crippen molar-refractivity contribution in [3.63, 3.8) is 0 Å². The van der Waals surface area contributed by atoms with Gasteiger partial charge in [-0.15, -0.1) is 0 Å². The summed E-state index contributed by atoms with van der Waals surface area (Å²) in [5.74, 6) is -14.0. The number of sulfonamides is 1. The lowest BCUT2D eigenvalue weighted by Gasteiger charge is -2.41. The van der Waals surface area contributed by atoms with E-state index in [-0.39, 0.29) is 67.6 Å². The Bertz CT molecular complexity index is 3000. The number of benzene rings is 1. The molecule has 2 rings (SSSR count). The number of carbonyl (C=O) groups excluding carboxylic acids is 12. The van der Waals surface area contributed by atoms with Gasteiger partial charge in [0.2, 0.25) is 41.4 Å². The minimum absolute atomic E-state index is 0.0285. The van der Waals surface area contributed by atoms with Crippen molar-refractivity contribution in [2.45, 2.75) is 236 Å². The molecule has 25 heteroatoms. The fourth-order valence-corrected chi connectivity index (χ4v) is 13.5. The number of rotatable bonds is 18. The number of aliphatic hydroxyl groups is 1. The monoisotopic (exact) mass is 1370 g/mol. The number of likely N-dealkylation sites (N-methyl/N-ethyl adjacent to an activating group) is 4. The lowest BCUT2D eigenvalue weighted by atomic mass is 9.77. The molecule has 1 aliphatic heterocycles. The third-order valence-electron chi connectivity index (χ3n) is 18.1. The quantitative estimate of drug-likeness (QED) is 0.0916. The molecule has 96 heavy (non-hydrogen) atoms. The van der Waals surface area contributed by atoms with Crippen molar-refractivity contribution in [3.05, 3.63) is 42.5 Å². The molecule has 8 amide bonds. The number of nitrogens with zero attached hydrogens (tertiary/aromatic N) is 4. The van der Waals surface area contributed by atoms with Crippen LogP contribution in [0.1, 0.15) is 182 Å². The first-order valence-corrected chi connectivity index (χ1v) is 35.5. The maximum atomic E-state index is 15.3. The van der Waals surface area contributed by atoms with Crippen LogP contribution in [0.2, 0.25) is 0 Å². The number of aliphatic hydroxyl groups excluding tert-OH is 1. The number of ether oxygens (including phenoxy) is 1. The predicted molar refractivity (Wildman–Crippen MR) is 366 cm³/mol. The number of hydrogen-bond acceptors (Lipinski definition) is 16. The Morgan fingerprint density at radius 2 is 1.15 bits per heavy atom. The highest BCUT2D eigenvalue weighted by Gasteiger charge is 2.46. The first kappa shape index (κ1) is 85.2. The molecule has 1 aliphatic rings. The molecule has 1 fully saturated rings. The van der Waals surface area contributed by atoms with Crippen LogP contribution in [0, 0.1) is 64.6 Å². The van der Waals surface area contributed by atoms with E-state index in [9.17, 15) is 61.5 Å². The van der Waals surface area contributed by atoms with Crippen LogP contribution in [0.15, 0.2) is 47.4 Å². The lowest BCUT2D eigenvalue weighted by molar-refractivity contribution is -0.150.